The number of carbonyl (C=O) groups excluding carboxylic acids is 1. The molecule has 1 aliphatic carbocycles. The number of hydrogen-bond acceptors (Lipinski definition) is 3. The van der Waals surface area contributed by atoms with Crippen molar-refractivity contribution in [2.75, 3.05) is 17.2 Å². The molecule has 1 heterocycles. The van der Waals surface area contributed by atoms with Crippen LogP contribution in [-0.4, -0.2) is 18.6 Å². The Kier molecular flexibility index (Phi) is 5.07. The fourth-order valence-corrected chi connectivity index (χ4v) is 3.41. The topological polar surface area (TPSA) is 65.2 Å². The Labute approximate surface area is 154 Å². The van der Waals surface area contributed by atoms with Gasteiger partial charge in [-0.2, -0.15) is 0 Å². The van der Waals surface area contributed by atoms with Crippen LogP contribution < -0.4 is 21.3 Å². The first-order valence-electron chi connectivity index (χ1n) is 9.50. The highest BCUT2D eigenvalue weighted by Crippen LogP contribution is 2.26. The van der Waals surface area contributed by atoms with E-state index in [1.165, 1.54) is 23.2 Å². The van der Waals surface area contributed by atoms with Gasteiger partial charge >= 0.3 is 6.03 Å². The standard InChI is InChI=1S/C21H26N4O/c26-21(24-18-9-10-18)25-19-8-1-4-15(12-19)13-22-14-17-6-2-5-16-7-3-11-23-20(16)17/h1-2,4-6,8,12,18,22-23H,3,7,9-11,13-14H2,(H2,24,25,26). The second kappa shape index (κ2) is 7.79. The molecule has 5 heteroatoms. The third-order valence-electron chi connectivity index (χ3n) is 4.90. The zero-order valence-electron chi connectivity index (χ0n) is 15.0. The lowest BCUT2D eigenvalue weighted by molar-refractivity contribution is 0.251. The van der Waals surface area contributed by atoms with E-state index in [4.69, 9.17) is 0 Å². The number of aryl methyl sites for hydroxylation is 1. The molecule has 2 amide bonds. The number of amides is 2. The summed E-state index contributed by atoms with van der Waals surface area (Å²) in [5.41, 5.74) is 6.04. The van der Waals surface area contributed by atoms with E-state index in [0.717, 1.165) is 50.1 Å². The molecule has 0 aromatic heterocycles. The number of nitrogens with one attached hydrogen (secondary N) is 4. The van der Waals surface area contributed by atoms with Crippen LogP contribution in [-0.2, 0) is 19.5 Å². The lowest BCUT2D eigenvalue weighted by Crippen LogP contribution is -2.30. The van der Waals surface area contributed by atoms with Crippen molar-refractivity contribution in [1.82, 2.24) is 10.6 Å². The molecule has 0 saturated heterocycles. The summed E-state index contributed by atoms with van der Waals surface area (Å²) in [5.74, 6) is 0. The molecule has 2 aromatic carbocycles. The van der Waals surface area contributed by atoms with Gasteiger partial charge in [0.1, 0.15) is 0 Å². The van der Waals surface area contributed by atoms with Crippen molar-refractivity contribution in [2.45, 2.75) is 44.8 Å². The number of fused-ring (bicyclic) bond motifs is 1. The summed E-state index contributed by atoms with van der Waals surface area (Å²) in [7, 11) is 0. The molecule has 0 unspecified atom stereocenters. The second-order valence-corrected chi connectivity index (χ2v) is 7.16. The van der Waals surface area contributed by atoms with Gasteiger partial charge in [0.25, 0.3) is 0 Å². The van der Waals surface area contributed by atoms with E-state index in [1.807, 2.05) is 18.2 Å². The summed E-state index contributed by atoms with van der Waals surface area (Å²) in [5, 5.41) is 12.9. The lowest BCUT2D eigenvalue weighted by Gasteiger charge is -2.21. The molecule has 4 rings (SSSR count). The zero-order chi connectivity index (χ0) is 17.8. The Morgan fingerprint density at radius 1 is 1.12 bits per heavy atom. The summed E-state index contributed by atoms with van der Waals surface area (Å²) in [6, 6.07) is 14.8. The quantitative estimate of drug-likeness (QED) is 0.643. The molecule has 26 heavy (non-hydrogen) atoms. The van der Waals surface area contributed by atoms with Crippen molar-refractivity contribution in [2.24, 2.45) is 0 Å². The highest BCUT2D eigenvalue weighted by atomic mass is 16.2. The first-order chi connectivity index (χ1) is 12.8. The van der Waals surface area contributed by atoms with Gasteiger partial charge in [0.2, 0.25) is 0 Å². The van der Waals surface area contributed by atoms with E-state index in [1.54, 1.807) is 0 Å². The van der Waals surface area contributed by atoms with Crippen molar-refractivity contribution >= 4 is 17.4 Å². The summed E-state index contributed by atoms with van der Waals surface area (Å²) >= 11 is 0. The molecule has 0 spiro atoms. The highest BCUT2D eigenvalue weighted by Gasteiger charge is 2.23. The third kappa shape index (κ3) is 4.35. The molecule has 1 fully saturated rings. The van der Waals surface area contributed by atoms with Crippen LogP contribution in [0.4, 0.5) is 16.2 Å². The molecular weight excluding hydrogens is 324 g/mol. The Morgan fingerprint density at radius 3 is 2.88 bits per heavy atom. The summed E-state index contributed by atoms with van der Waals surface area (Å²) in [6.07, 6.45) is 4.55. The smallest absolute Gasteiger partial charge is 0.319 e. The summed E-state index contributed by atoms with van der Waals surface area (Å²) < 4.78 is 0. The number of rotatable bonds is 6. The largest absolute Gasteiger partial charge is 0.385 e. The minimum atomic E-state index is -0.111. The normalized spacial score (nSPS) is 15.7. The Balaban J connectivity index is 1.32. The minimum absolute atomic E-state index is 0.111. The van der Waals surface area contributed by atoms with Crippen LogP contribution >= 0.6 is 0 Å². The fraction of sp³-hybridized carbons (Fsp3) is 0.381. The van der Waals surface area contributed by atoms with E-state index >= 15 is 0 Å². The van der Waals surface area contributed by atoms with Crippen molar-refractivity contribution < 1.29 is 4.79 Å². The van der Waals surface area contributed by atoms with E-state index < -0.39 is 0 Å². The van der Waals surface area contributed by atoms with Gasteiger partial charge in [0.15, 0.2) is 0 Å². The monoisotopic (exact) mass is 350 g/mol. The summed E-state index contributed by atoms with van der Waals surface area (Å²) in [6.45, 7) is 2.65. The molecule has 0 atom stereocenters. The average Bonchev–Trinajstić information content (AvgIpc) is 3.46. The Hall–Kier alpha value is -2.53. The van der Waals surface area contributed by atoms with Gasteiger partial charge in [0.05, 0.1) is 0 Å². The second-order valence-electron chi connectivity index (χ2n) is 7.16. The number of carbonyl (C=O) groups is 1. The predicted molar refractivity (Wildman–Crippen MR) is 105 cm³/mol. The van der Waals surface area contributed by atoms with Crippen LogP contribution in [0.25, 0.3) is 0 Å². The SMILES string of the molecule is O=C(Nc1cccc(CNCc2cccc3c2NCCC3)c1)NC1CC1. The number of benzene rings is 2. The minimum Gasteiger partial charge on any atom is -0.385 e. The van der Waals surface area contributed by atoms with Crippen LogP contribution in [0.1, 0.15) is 36.0 Å². The average molecular weight is 350 g/mol. The molecule has 5 nitrogen and oxygen atoms in total. The van der Waals surface area contributed by atoms with Crippen LogP contribution in [0.15, 0.2) is 42.5 Å². The van der Waals surface area contributed by atoms with Crippen molar-refractivity contribution in [3.63, 3.8) is 0 Å². The van der Waals surface area contributed by atoms with E-state index in [0.29, 0.717) is 6.04 Å². The van der Waals surface area contributed by atoms with E-state index in [9.17, 15) is 4.79 Å². The first-order valence-corrected chi connectivity index (χ1v) is 9.50. The van der Waals surface area contributed by atoms with Gasteiger partial charge in [-0.3, -0.25) is 0 Å². The van der Waals surface area contributed by atoms with Gasteiger partial charge in [-0.05, 0) is 54.5 Å². The maximum Gasteiger partial charge on any atom is 0.319 e. The van der Waals surface area contributed by atoms with Crippen molar-refractivity contribution in [3.05, 3.63) is 59.2 Å². The molecule has 0 bridgehead atoms. The zero-order valence-corrected chi connectivity index (χ0v) is 15.0. The lowest BCUT2D eigenvalue weighted by atomic mass is 9.99. The van der Waals surface area contributed by atoms with Crippen LogP contribution in [0, 0.1) is 0 Å². The van der Waals surface area contributed by atoms with Gasteiger partial charge in [-0.25, -0.2) is 4.79 Å². The summed E-state index contributed by atoms with van der Waals surface area (Å²) in [4.78, 5) is 11.9. The van der Waals surface area contributed by atoms with Crippen LogP contribution in [0.2, 0.25) is 0 Å². The predicted octanol–water partition coefficient (Wildman–Crippen LogP) is 3.62. The molecule has 0 radical (unpaired) electrons. The van der Waals surface area contributed by atoms with Crippen LogP contribution in [0.5, 0.6) is 0 Å². The Bertz CT molecular complexity index is 785. The van der Waals surface area contributed by atoms with Crippen molar-refractivity contribution in [1.29, 1.82) is 0 Å². The number of hydrogen-bond donors (Lipinski definition) is 4. The van der Waals surface area contributed by atoms with E-state index in [2.05, 4.69) is 45.5 Å². The molecule has 136 valence electrons. The van der Waals surface area contributed by atoms with Gasteiger partial charge in [-0.1, -0.05) is 30.3 Å². The van der Waals surface area contributed by atoms with Gasteiger partial charge in [-0.15, -0.1) is 0 Å². The number of anilines is 2. The highest BCUT2D eigenvalue weighted by molar-refractivity contribution is 5.89. The van der Waals surface area contributed by atoms with E-state index in [-0.39, 0.29) is 6.03 Å². The number of urea groups is 1. The molecule has 1 saturated carbocycles. The molecule has 2 aliphatic rings. The van der Waals surface area contributed by atoms with Gasteiger partial charge in [0, 0.05) is 37.1 Å². The van der Waals surface area contributed by atoms with Crippen LogP contribution in [0.3, 0.4) is 0 Å². The van der Waals surface area contributed by atoms with Crippen molar-refractivity contribution in [3.8, 4) is 0 Å². The maximum absolute atomic E-state index is 11.9. The first kappa shape index (κ1) is 16.9. The molecule has 4 N–H and O–H groups in total. The molecule has 1 aliphatic heterocycles. The maximum atomic E-state index is 11.9. The molecule has 2 aromatic rings. The number of para-hydroxylation sites is 1. The molecular formula is C21H26N4O. The third-order valence-corrected chi connectivity index (χ3v) is 4.90. The Morgan fingerprint density at radius 2 is 2.00 bits per heavy atom. The van der Waals surface area contributed by atoms with Gasteiger partial charge < -0.3 is 21.3 Å². The fourth-order valence-electron chi connectivity index (χ4n) is 3.41.